The Balaban J connectivity index is 1.51. The third-order valence-corrected chi connectivity index (χ3v) is 5.07. The van der Waals surface area contributed by atoms with Gasteiger partial charge >= 0.3 is 0 Å². The normalized spacial score (nSPS) is 16.5. The van der Waals surface area contributed by atoms with Gasteiger partial charge in [0.2, 0.25) is 0 Å². The third kappa shape index (κ3) is 3.85. The fourth-order valence-electron chi connectivity index (χ4n) is 3.69. The van der Waals surface area contributed by atoms with Gasteiger partial charge in [-0.3, -0.25) is 14.8 Å². The molecule has 1 fully saturated rings. The van der Waals surface area contributed by atoms with Gasteiger partial charge in [0.1, 0.15) is 5.82 Å². The van der Waals surface area contributed by atoms with Gasteiger partial charge in [-0.2, -0.15) is 5.10 Å². The molecular formula is C20H22N6O2. The molecule has 4 rings (SSSR count). The predicted octanol–water partition coefficient (Wildman–Crippen LogP) is 3.16. The van der Waals surface area contributed by atoms with Crippen LogP contribution in [0.1, 0.15) is 17.7 Å². The number of anilines is 1. The van der Waals surface area contributed by atoms with Crippen LogP contribution in [0.4, 0.5) is 11.5 Å². The first-order chi connectivity index (χ1) is 13.5. The topological polar surface area (TPSA) is 90.0 Å². The summed E-state index contributed by atoms with van der Waals surface area (Å²) in [5.41, 5.74) is 2.99. The second kappa shape index (κ2) is 7.38. The molecule has 3 heterocycles. The minimum Gasteiger partial charge on any atom is -0.356 e. The lowest BCUT2D eigenvalue weighted by atomic mass is 10.0. The summed E-state index contributed by atoms with van der Waals surface area (Å²) < 4.78 is 1.84. The Bertz CT molecular complexity index is 998. The van der Waals surface area contributed by atoms with Gasteiger partial charge in [0.25, 0.3) is 5.69 Å². The number of benzene rings is 1. The smallest absolute Gasteiger partial charge is 0.269 e. The number of nitro benzene ring substituents is 1. The number of non-ortho nitro benzene ring substituents is 1. The molecule has 1 unspecified atom stereocenters. The lowest BCUT2D eigenvalue weighted by Crippen LogP contribution is -2.22. The Hall–Kier alpha value is -3.29. The van der Waals surface area contributed by atoms with Crippen molar-refractivity contribution in [3.05, 3.63) is 64.1 Å². The third-order valence-electron chi connectivity index (χ3n) is 5.07. The molecule has 0 radical (unpaired) electrons. The van der Waals surface area contributed by atoms with Crippen LogP contribution in [-0.2, 0) is 13.5 Å². The standard InChI is InChI=1S/C20H22N6O2/c1-14-9-19(23-20(22-14)17-3-5-18(6-4-17)26(27)28)25-8-7-15(13-25)10-16-11-21-24(2)12-16/h3-6,9,11-12,15H,7-8,10,13H2,1-2H3. The van der Waals surface area contributed by atoms with Crippen molar-refractivity contribution in [1.82, 2.24) is 19.7 Å². The van der Waals surface area contributed by atoms with Crippen LogP contribution in [0.25, 0.3) is 11.4 Å². The molecule has 1 saturated heterocycles. The molecule has 0 aliphatic carbocycles. The maximum absolute atomic E-state index is 10.9. The molecule has 1 aromatic carbocycles. The maximum atomic E-state index is 10.9. The van der Waals surface area contributed by atoms with Gasteiger partial charge in [-0.15, -0.1) is 0 Å². The summed E-state index contributed by atoms with van der Waals surface area (Å²) in [5, 5.41) is 15.1. The molecule has 0 N–H and O–H groups in total. The van der Waals surface area contributed by atoms with Crippen molar-refractivity contribution in [2.75, 3.05) is 18.0 Å². The summed E-state index contributed by atoms with van der Waals surface area (Å²) in [4.78, 5) is 22.0. The highest BCUT2D eigenvalue weighted by atomic mass is 16.6. The highest BCUT2D eigenvalue weighted by Gasteiger charge is 2.25. The molecule has 0 saturated carbocycles. The van der Waals surface area contributed by atoms with Crippen LogP contribution in [0.3, 0.4) is 0 Å². The minimum atomic E-state index is -0.404. The number of rotatable bonds is 5. The molecular weight excluding hydrogens is 356 g/mol. The Morgan fingerprint density at radius 1 is 1.25 bits per heavy atom. The Morgan fingerprint density at radius 2 is 2.04 bits per heavy atom. The van der Waals surface area contributed by atoms with Crippen LogP contribution >= 0.6 is 0 Å². The number of hydrogen-bond donors (Lipinski definition) is 0. The lowest BCUT2D eigenvalue weighted by Gasteiger charge is -2.18. The van der Waals surface area contributed by atoms with Crippen LogP contribution in [0.2, 0.25) is 0 Å². The van der Waals surface area contributed by atoms with Gasteiger partial charge < -0.3 is 4.90 Å². The zero-order valence-corrected chi connectivity index (χ0v) is 15.9. The minimum absolute atomic E-state index is 0.0643. The van der Waals surface area contributed by atoms with E-state index < -0.39 is 4.92 Å². The highest BCUT2D eigenvalue weighted by Crippen LogP contribution is 2.27. The first-order valence-corrected chi connectivity index (χ1v) is 9.31. The SMILES string of the molecule is Cc1cc(N2CCC(Cc3cnn(C)c3)C2)nc(-c2ccc([N+](=O)[O-])cc2)n1. The van der Waals surface area contributed by atoms with E-state index in [-0.39, 0.29) is 5.69 Å². The van der Waals surface area contributed by atoms with Crippen molar-refractivity contribution in [3.8, 4) is 11.4 Å². The highest BCUT2D eigenvalue weighted by molar-refractivity contribution is 5.60. The Labute approximate surface area is 163 Å². The summed E-state index contributed by atoms with van der Waals surface area (Å²) in [5.74, 6) is 2.08. The molecule has 28 heavy (non-hydrogen) atoms. The molecule has 2 aromatic heterocycles. The van der Waals surface area contributed by atoms with E-state index in [1.54, 1.807) is 12.1 Å². The van der Waals surface area contributed by atoms with Crippen LogP contribution in [0.5, 0.6) is 0 Å². The molecule has 8 nitrogen and oxygen atoms in total. The molecule has 0 bridgehead atoms. The van der Waals surface area contributed by atoms with E-state index >= 15 is 0 Å². The monoisotopic (exact) mass is 378 g/mol. The number of aryl methyl sites for hydroxylation is 2. The first kappa shape index (κ1) is 18.1. The van der Waals surface area contributed by atoms with E-state index in [4.69, 9.17) is 4.98 Å². The van der Waals surface area contributed by atoms with E-state index in [0.717, 1.165) is 43.0 Å². The second-order valence-electron chi connectivity index (χ2n) is 7.32. The van der Waals surface area contributed by atoms with E-state index in [1.165, 1.54) is 17.7 Å². The van der Waals surface area contributed by atoms with E-state index in [9.17, 15) is 10.1 Å². The Kier molecular flexibility index (Phi) is 4.77. The molecule has 3 aromatic rings. The summed E-state index contributed by atoms with van der Waals surface area (Å²) in [6, 6.07) is 8.38. The van der Waals surface area contributed by atoms with Crippen molar-refractivity contribution in [1.29, 1.82) is 0 Å². The van der Waals surface area contributed by atoms with Crippen LogP contribution in [-0.4, -0.2) is 37.8 Å². The van der Waals surface area contributed by atoms with Gasteiger partial charge in [0, 0.05) is 55.8 Å². The quantitative estimate of drug-likeness (QED) is 0.500. The van der Waals surface area contributed by atoms with Crippen molar-refractivity contribution in [2.45, 2.75) is 19.8 Å². The van der Waals surface area contributed by atoms with E-state index in [2.05, 4.69) is 21.2 Å². The number of nitrogens with zero attached hydrogens (tertiary/aromatic N) is 6. The molecule has 8 heteroatoms. The van der Waals surface area contributed by atoms with Crippen molar-refractivity contribution < 1.29 is 4.92 Å². The predicted molar refractivity (Wildman–Crippen MR) is 106 cm³/mol. The fourth-order valence-corrected chi connectivity index (χ4v) is 3.69. The van der Waals surface area contributed by atoms with Crippen molar-refractivity contribution >= 4 is 11.5 Å². The average molecular weight is 378 g/mol. The van der Waals surface area contributed by atoms with Crippen molar-refractivity contribution in [3.63, 3.8) is 0 Å². The molecule has 0 spiro atoms. The van der Waals surface area contributed by atoms with Gasteiger partial charge in [-0.1, -0.05) is 0 Å². The molecule has 1 atom stereocenters. The average Bonchev–Trinajstić information content (AvgIpc) is 3.30. The van der Waals surface area contributed by atoms with Crippen molar-refractivity contribution in [2.24, 2.45) is 13.0 Å². The molecule has 0 amide bonds. The first-order valence-electron chi connectivity index (χ1n) is 9.31. The number of aromatic nitrogens is 4. The molecule has 1 aliphatic rings. The van der Waals surface area contributed by atoms with Crippen LogP contribution in [0, 0.1) is 23.0 Å². The fraction of sp³-hybridized carbons (Fsp3) is 0.350. The van der Waals surface area contributed by atoms with E-state index in [0.29, 0.717) is 11.7 Å². The summed E-state index contributed by atoms with van der Waals surface area (Å²) in [6.45, 7) is 3.86. The van der Waals surface area contributed by atoms with E-state index in [1.807, 2.05) is 30.9 Å². The van der Waals surface area contributed by atoms with Gasteiger partial charge in [0.15, 0.2) is 5.82 Å². The largest absolute Gasteiger partial charge is 0.356 e. The van der Waals surface area contributed by atoms with Gasteiger partial charge in [-0.05, 0) is 43.4 Å². The lowest BCUT2D eigenvalue weighted by molar-refractivity contribution is -0.384. The Morgan fingerprint density at radius 3 is 2.71 bits per heavy atom. The van der Waals surface area contributed by atoms with Crippen LogP contribution in [0.15, 0.2) is 42.7 Å². The van der Waals surface area contributed by atoms with Crippen LogP contribution < -0.4 is 4.90 Å². The second-order valence-corrected chi connectivity index (χ2v) is 7.32. The summed E-state index contributed by atoms with van der Waals surface area (Å²) in [6.07, 6.45) is 6.14. The zero-order chi connectivity index (χ0) is 19.7. The number of hydrogen-bond acceptors (Lipinski definition) is 6. The maximum Gasteiger partial charge on any atom is 0.269 e. The summed E-state index contributed by atoms with van der Waals surface area (Å²) in [7, 11) is 1.94. The zero-order valence-electron chi connectivity index (χ0n) is 15.9. The molecule has 1 aliphatic heterocycles. The van der Waals surface area contributed by atoms with Gasteiger partial charge in [0.05, 0.1) is 11.1 Å². The molecule has 144 valence electrons. The number of nitro groups is 1. The summed E-state index contributed by atoms with van der Waals surface area (Å²) >= 11 is 0. The van der Waals surface area contributed by atoms with Gasteiger partial charge in [-0.25, -0.2) is 9.97 Å².